The van der Waals surface area contributed by atoms with Crippen LogP contribution in [0.4, 0.5) is 0 Å². The van der Waals surface area contributed by atoms with Crippen molar-refractivity contribution in [3.63, 3.8) is 0 Å². The smallest absolute Gasteiger partial charge is 0.318 e. The fourth-order valence-electron chi connectivity index (χ4n) is 6.50. The minimum atomic E-state index is -1.51. The maximum Gasteiger partial charge on any atom is 0.318 e. The summed E-state index contributed by atoms with van der Waals surface area (Å²) in [5.74, 6) is -2.99. The number of hydrogen-bond donors (Lipinski definition) is 1. The van der Waals surface area contributed by atoms with Gasteiger partial charge in [-0.2, -0.15) is 0 Å². The molecule has 0 spiro atoms. The number of carbonyl (C=O) groups excluding carboxylic acids is 4. The van der Waals surface area contributed by atoms with Crippen molar-refractivity contribution in [1.82, 2.24) is 0 Å². The van der Waals surface area contributed by atoms with Crippen molar-refractivity contribution < 1.29 is 33.8 Å². The van der Waals surface area contributed by atoms with Crippen LogP contribution in [0.1, 0.15) is 67.2 Å². The van der Waals surface area contributed by atoms with E-state index in [1.54, 1.807) is 12.2 Å². The monoisotopic (exact) mass is 536 g/mol. The average Bonchev–Trinajstić information content (AvgIpc) is 3.13. The number of aliphatic hydroxyl groups excluding tert-OH is 1. The van der Waals surface area contributed by atoms with Crippen LogP contribution in [0.3, 0.4) is 0 Å². The number of rotatable bonds is 8. The number of Topliss-reactive ketones (excluding diaryl/α,β-unsaturated/α-hetero) is 1. The van der Waals surface area contributed by atoms with Gasteiger partial charge in [-0.15, -0.1) is 0 Å². The molecule has 1 N–H and O–H groups in total. The molecule has 0 aromatic rings. The minimum Gasteiger partial charge on any atom is -0.468 e. The van der Waals surface area contributed by atoms with Gasteiger partial charge in [0.1, 0.15) is 17.5 Å². The first-order chi connectivity index (χ1) is 18.3. The Bertz CT molecular complexity index is 1210. The Morgan fingerprint density at radius 1 is 1.21 bits per heavy atom. The van der Waals surface area contributed by atoms with Crippen LogP contribution in [0.15, 0.2) is 59.1 Å². The Morgan fingerprint density at radius 2 is 1.92 bits per heavy atom. The summed E-state index contributed by atoms with van der Waals surface area (Å²) in [6.07, 6.45) is 11.8. The molecule has 8 atom stereocenters. The molecule has 2 fully saturated rings. The quantitative estimate of drug-likeness (QED) is 0.202. The van der Waals surface area contributed by atoms with Crippen LogP contribution >= 0.6 is 0 Å². The third kappa shape index (κ3) is 5.65. The van der Waals surface area contributed by atoms with Crippen LogP contribution < -0.4 is 0 Å². The molecule has 0 amide bonds. The summed E-state index contributed by atoms with van der Waals surface area (Å²) in [6, 6.07) is 0. The first-order valence-corrected chi connectivity index (χ1v) is 14.0. The number of esters is 1. The molecular weight excluding hydrogens is 496 g/mol. The molecule has 0 unspecified atom stereocenters. The maximum absolute atomic E-state index is 13.4. The molecule has 0 aromatic heterocycles. The van der Waals surface area contributed by atoms with E-state index < -0.39 is 47.0 Å². The van der Waals surface area contributed by atoms with Crippen molar-refractivity contribution in [1.29, 1.82) is 0 Å². The minimum absolute atomic E-state index is 0.0560. The Kier molecular flexibility index (Phi) is 8.31. The van der Waals surface area contributed by atoms with E-state index in [4.69, 9.17) is 9.47 Å². The third-order valence-corrected chi connectivity index (χ3v) is 8.70. The van der Waals surface area contributed by atoms with Crippen LogP contribution in [0.2, 0.25) is 0 Å². The second-order valence-electron chi connectivity index (χ2n) is 12.1. The first kappa shape index (κ1) is 28.9. The van der Waals surface area contributed by atoms with Gasteiger partial charge in [-0.05, 0) is 68.2 Å². The van der Waals surface area contributed by atoms with Crippen molar-refractivity contribution in [3.05, 3.63) is 59.1 Å². The number of aliphatic hydroxyl groups is 1. The van der Waals surface area contributed by atoms with E-state index in [0.29, 0.717) is 35.2 Å². The normalized spacial score (nSPS) is 34.3. The van der Waals surface area contributed by atoms with Crippen LogP contribution in [-0.4, -0.2) is 40.1 Å². The maximum atomic E-state index is 13.4. The van der Waals surface area contributed by atoms with E-state index in [-0.39, 0.29) is 18.1 Å². The van der Waals surface area contributed by atoms with Crippen molar-refractivity contribution in [3.8, 4) is 0 Å². The second kappa shape index (κ2) is 11.2. The summed E-state index contributed by atoms with van der Waals surface area (Å²) in [6.45, 7) is 11.9. The molecule has 2 aliphatic carbocycles. The molecule has 7 nitrogen and oxygen atoms in total. The number of hydrogen-bond acceptors (Lipinski definition) is 7. The fourth-order valence-corrected chi connectivity index (χ4v) is 6.50. The molecule has 0 aromatic carbocycles. The lowest BCUT2D eigenvalue weighted by Gasteiger charge is -2.37. The van der Waals surface area contributed by atoms with Crippen LogP contribution in [0.5, 0.6) is 0 Å². The van der Waals surface area contributed by atoms with Crippen LogP contribution in [0, 0.1) is 35.5 Å². The highest BCUT2D eigenvalue weighted by Gasteiger charge is 2.62. The highest BCUT2D eigenvalue weighted by molar-refractivity contribution is 6.12. The van der Waals surface area contributed by atoms with Gasteiger partial charge >= 0.3 is 5.97 Å². The molecule has 0 radical (unpaired) electrons. The van der Waals surface area contributed by atoms with E-state index in [2.05, 4.69) is 26.8 Å². The van der Waals surface area contributed by atoms with E-state index in [1.807, 2.05) is 13.8 Å². The van der Waals surface area contributed by atoms with Gasteiger partial charge in [0.15, 0.2) is 17.2 Å². The van der Waals surface area contributed by atoms with Crippen molar-refractivity contribution in [2.24, 2.45) is 35.5 Å². The number of ketones is 3. The average molecular weight is 537 g/mol. The summed E-state index contributed by atoms with van der Waals surface area (Å²) < 4.78 is 11.5. The number of ether oxygens (including phenoxy) is 2. The molecule has 39 heavy (non-hydrogen) atoms. The number of allylic oxidation sites excluding steroid dienone is 7. The van der Waals surface area contributed by atoms with Crippen molar-refractivity contribution in [2.75, 3.05) is 0 Å². The predicted molar refractivity (Wildman–Crippen MR) is 146 cm³/mol. The summed E-state index contributed by atoms with van der Waals surface area (Å²) in [4.78, 5) is 52.3. The SMILES string of the molecule is CC[C@@H](C)C[C@H](C)/C=C(C)/C=C/C(=O)[C@H]1C(=O)O[C@@]2(C)C(=O)C=C3C=C([C@H]4C(=O)C[C@H](O)C[C@@H]4C)OC=C3[C@@H]12. The zero-order chi connectivity index (χ0) is 28.6. The van der Waals surface area contributed by atoms with E-state index in [1.165, 1.54) is 25.3 Å². The summed E-state index contributed by atoms with van der Waals surface area (Å²) >= 11 is 0. The molecule has 4 rings (SSSR count). The van der Waals surface area contributed by atoms with Crippen LogP contribution in [-0.2, 0) is 28.7 Å². The first-order valence-electron chi connectivity index (χ1n) is 14.0. The summed E-state index contributed by atoms with van der Waals surface area (Å²) in [5.41, 5.74) is 0.467. The number of carbonyl (C=O) groups is 4. The molecule has 1 saturated heterocycles. The lowest BCUT2D eigenvalue weighted by atomic mass is 9.67. The molecule has 2 heterocycles. The molecule has 2 aliphatic heterocycles. The van der Waals surface area contributed by atoms with Crippen molar-refractivity contribution in [2.45, 2.75) is 78.9 Å². The van der Waals surface area contributed by atoms with E-state index in [9.17, 15) is 24.3 Å². The Morgan fingerprint density at radius 3 is 2.59 bits per heavy atom. The van der Waals surface area contributed by atoms with E-state index >= 15 is 0 Å². The zero-order valence-corrected chi connectivity index (χ0v) is 23.7. The lowest BCUT2D eigenvalue weighted by molar-refractivity contribution is -0.156. The van der Waals surface area contributed by atoms with E-state index in [0.717, 1.165) is 18.4 Å². The Labute approximate surface area is 230 Å². The molecule has 4 aliphatic rings. The van der Waals surface area contributed by atoms with Gasteiger partial charge in [-0.3, -0.25) is 19.2 Å². The molecule has 7 heteroatoms. The molecular formula is C32H40O7. The standard InChI is InChI=1S/C32H40O7/c1-7-17(2)10-19(4)11-18(3)8-9-24(34)29-30-23-16-38-26(28-20(5)12-22(33)15-25(28)35)13-21(23)14-27(36)32(30,6)39-31(29)37/h8-9,11,13-14,16-17,19-20,22,28-30,33H,7,10,12,15H2,1-6H3/b9-8+,18-11+/t17-,19+,20+,22-,28-,29-,30+,32+/m1/s1. The van der Waals surface area contributed by atoms with Gasteiger partial charge in [0, 0.05) is 12.0 Å². The second-order valence-corrected chi connectivity index (χ2v) is 12.1. The topological polar surface area (TPSA) is 107 Å². The van der Waals surface area contributed by atoms with Crippen molar-refractivity contribution >= 4 is 23.3 Å². The summed E-state index contributed by atoms with van der Waals surface area (Å²) in [7, 11) is 0. The molecule has 210 valence electrons. The van der Waals surface area contributed by atoms with Gasteiger partial charge in [0.05, 0.1) is 24.2 Å². The highest BCUT2D eigenvalue weighted by Crippen LogP contribution is 2.50. The third-order valence-electron chi connectivity index (χ3n) is 8.70. The van der Waals surface area contributed by atoms with Gasteiger partial charge < -0.3 is 14.6 Å². The lowest BCUT2D eigenvalue weighted by Crippen LogP contribution is -2.46. The highest BCUT2D eigenvalue weighted by atomic mass is 16.6. The number of fused-ring (bicyclic) bond motifs is 3. The molecule has 1 saturated carbocycles. The van der Waals surface area contributed by atoms with Crippen LogP contribution in [0.25, 0.3) is 0 Å². The summed E-state index contributed by atoms with van der Waals surface area (Å²) in [5, 5.41) is 9.96. The zero-order valence-electron chi connectivity index (χ0n) is 23.7. The predicted octanol–water partition coefficient (Wildman–Crippen LogP) is 4.96. The van der Waals surface area contributed by atoms with Gasteiger partial charge in [0.2, 0.25) is 0 Å². The Balaban J connectivity index is 1.58. The fraction of sp³-hybridized carbons (Fsp3) is 0.562. The van der Waals surface area contributed by atoms with Gasteiger partial charge in [-0.1, -0.05) is 51.8 Å². The van der Waals surface area contributed by atoms with Gasteiger partial charge in [0.25, 0.3) is 0 Å². The Hall–Kier alpha value is -3.06. The van der Waals surface area contributed by atoms with Gasteiger partial charge in [-0.25, -0.2) is 0 Å². The largest absolute Gasteiger partial charge is 0.468 e. The molecule has 0 bridgehead atoms.